The summed E-state index contributed by atoms with van der Waals surface area (Å²) >= 11 is 0. The molecule has 23 heavy (non-hydrogen) atoms. The number of aliphatic hydroxyl groups is 1. The third-order valence-corrected chi connectivity index (χ3v) is 5.91. The summed E-state index contributed by atoms with van der Waals surface area (Å²) in [6, 6.07) is 2.53. The Balaban J connectivity index is 1.69. The summed E-state index contributed by atoms with van der Waals surface area (Å²) in [5.74, 6) is -0.268. The summed E-state index contributed by atoms with van der Waals surface area (Å²) in [5, 5.41) is 14.5. The fourth-order valence-corrected chi connectivity index (χ4v) is 4.52. The van der Waals surface area contributed by atoms with Gasteiger partial charge in [0, 0.05) is 25.4 Å². The summed E-state index contributed by atoms with van der Waals surface area (Å²) in [6.07, 6.45) is 8.00. The van der Waals surface area contributed by atoms with E-state index < -0.39 is 15.9 Å². The number of fused-ring (bicyclic) bond motifs is 1. The second-order valence-electron chi connectivity index (χ2n) is 7.01. The van der Waals surface area contributed by atoms with Crippen LogP contribution in [0.15, 0.2) is 6.07 Å². The highest BCUT2D eigenvalue weighted by Crippen LogP contribution is 2.26. The van der Waals surface area contributed by atoms with Crippen LogP contribution in [0.1, 0.15) is 56.0 Å². The van der Waals surface area contributed by atoms with Crippen LogP contribution in [0.5, 0.6) is 0 Å². The Morgan fingerprint density at radius 1 is 1.26 bits per heavy atom. The van der Waals surface area contributed by atoms with E-state index in [1.165, 1.54) is 38.5 Å². The molecule has 1 aliphatic carbocycles. The highest BCUT2D eigenvalue weighted by atomic mass is 32.2. The molecule has 0 amide bonds. The molecule has 1 aromatic heterocycles. The molecule has 130 valence electrons. The number of rotatable bonds is 4. The van der Waals surface area contributed by atoms with Crippen LogP contribution in [0, 0.1) is 0 Å². The standard InChI is InChI=1S/C16H27N3O3S/c1-23(21,22)12-16(20)15-10-14-11-18(8-9-19(14)17-15)13-6-4-2-3-5-7-13/h10,13,16,20H,2-9,11-12H2,1H3/t16-/m0/s1. The van der Waals surface area contributed by atoms with E-state index in [9.17, 15) is 13.5 Å². The molecule has 2 heterocycles. The van der Waals surface area contributed by atoms with Crippen molar-refractivity contribution in [2.75, 3.05) is 18.6 Å². The molecule has 2 aliphatic rings. The van der Waals surface area contributed by atoms with Gasteiger partial charge in [-0.15, -0.1) is 0 Å². The van der Waals surface area contributed by atoms with E-state index in [0.29, 0.717) is 11.7 Å². The van der Waals surface area contributed by atoms with Crippen molar-refractivity contribution >= 4 is 9.84 Å². The van der Waals surface area contributed by atoms with Crippen LogP contribution < -0.4 is 0 Å². The largest absolute Gasteiger partial charge is 0.386 e. The smallest absolute Gasteiger partial charge is 0.150 e. The van der Waals surface area contributed by atoms with Gasteiger partial charge in [-0.1, -0.05) is 25.7 Å². The predicted octanol–water partition coefficient (Wildman–Crippen LogP) is 1.50. The first kappa shape index (κ1) is 16.9. The van der Waals surface area contributed by atoms with Gasteiger partial charge in [-0.2, -0.15) is 5.10 Å². The summed E-state index contributed by atoms with van der Waals surface area (Å²) < 4.78 is 24.6. The lowest BCUT2D eigenvalue weighted by Gasteiger charge is -2.34. The molecular formula is C16H27N3O3S. The Bertz CT molecular complexity index is 633. The fraction of sp³-hybridized carbons (Fsp3) is 0.812. The van der Waals surface area contributed by atoms with Crippen molar-refractivity contribution in [2.45, 2.75) is 63.8 Å². The van der Waals surface area contributed by atoms with Crippen molar-refractivity contribution in [2.24, 2.45) is 0 Å². The van der Waals surface area contributed by atoms with E-state index in [-0.39, 0.29) is 5.75 Å². The second kappa shape index (κ2) is 6.91. The van der Waals surface area contributed by atoms with Crippen LogP contribution in [0.4, 0.5) is 0 Å². The minimum Gasteiger partial charge on any atom is -0.386 e. The third-order valence-electron chi connectivity index (χ3n) is 4.99. The van der Waals surface area contributed by atoms with Crippen molar-refractivity contribution in [1.29, 1.82) is 0 Å². The summed E-state index contributed by atoms with van der Waals surface area (Å²) in [6.45, 7) is 2.65. The average molecular weight is 341 g/mol. The molecule has 6 nitrogen and oxygen atoms in total. The van der Waals surface area contributed by atoms with Gasteiger partial charge in [0.05, 0.1) is 23.7 Å². The van der Waals surface area contributed by atoms with Crippen LogP contribution in [0.3, 0.4) is 0 Å². The Hall–Kier alpha value is -0.920. The molecule has 1 aliphatic heterocycles. The topological polar surface area (TPSA) is 75.4 Å². The average Bonchev–Trinajstić information content (AvgIpc) is 2.71. The normalized spacial score (nSPS) is 22.5. The lowest BCUT2D eigenvalue weighted by Crippen LogP contribution is -2.41. The van der Waals surface area contributed by atoms with Gasteiger partial charge in [-0.25, -0.2) is 8.42 Å². The Morgan fingerprint density at radius 2 is 1.96 bits per heavy atom. The van der Waals surface area contributed by atoms with E-state index in [0.717, 1.165) is 31.6 Å². The molecule has 0 saturated heterocycles. The summed E-state index contributed by atoms with van der Waals surface area (Å²) in [4.78, 5) is 2.54. The quantitative estimate of drug-likeness (QED) is 0.840. The maximum absolute atomic E-state index is 11.3. The van der Waals surface area contributed by atoms with E-state index in [1.807, 2.05) is 10.7 Å². The van der Waals surface area contributed by atoms with Crippen molar-refractivity contribution < 1.29 is 13.5 Å². The van der Waals surface area contributed by atoms with Gasteiger partial charge in [-0.3, -0.25) is 9.58 Å². The van der Waals surface area contributed by atoms with Gasteiger partial charge in [0.2, 0.25) is 0 Å². The van der Waals surface area contributed by atoms with E-state index in [2.05, 4.69) is 10.00 Å². The monoisotopic (exact) mass is 341 g/mol. The Morgan fingerprint density at radius 3 is 2.61 bits per heavy atom. The number of aliphatic hydroxyl groups excluding tert-OH is 1. The Kier molecular flexibility index (Phi) is 5.08. The predicted molar refractivity (Wildman–Crippen MR) is 88.8 cm³/mol. The van der Waals surface area contributed by atoms with Crippen LogP contribution in [0.25, 0.3) is 0 Å². The van der Waals surface area contributed by atoms with E-state index in [4.69, 9.17) is 0 Å². The fourth-order valence-electron chi connectivity index (χ4n) is 3.78. The number of hydrogen-bond acceptors (Lipinski definition) is 5. The zero-order valence-electron chi connectivity index (χ0n) is 13.8. The minimum absolute atomic E-state index is 0.268. The molecule has 0 radical (unpaired) electrons. The molecule has 0 spiro atoms. The zero-order chi connectivity index (χ0) is 16.4. The highest BCUT2D eigenvalue weighted by molar-refractivity contribution is 7.90. The summed E-state index contributed by atoms with van der Waals surface area (Å²) in [7, 11) is -3.21. The number of aromatic nitrogens is 2. The highest BCUT2D eigenvalue weighted by Gasteiger charge is 2.27. The first-order valence-electron chi connectivity index (χ1n) is 8.59. The lowest BCUT2D eigenvalue weighted by atomic mass is 10.1. The molecule has 7 heteroatoms. The maximum atomic E-state index is 11.3. The number of nitrogens with zero attached hydrogens (tertiary/aromatic N) is 3. The van der Waals surface area contributed by atoms with Crippen molar-refractivity contribution in [3.05, 3.63) is 17.5 Å². The zero-order valence-corrected chi connectivity index (χ0v) is 14.6. The molecule has 1 saturated carbocycles. The molecule has 0 bridgehead atoms. The van der Waals surface area contributed by atoms with E-state index >= 15 is 0 Å². The Labute approximate surface area is 138 Å². The number of hydrogen-bond donors (Lipinski definition) is 1. The van der Waals surface area contributed by atoms with Crippen molar-refractivity contribution in [3.63, 3.8) is 0 Å². The van der Waals surface area contributed by atoms with Gasteiger partial charge in [0.25, 0.3) is 0 Å². The molecule has 3 rings (SSSR count). The molecule has 0 aromatic carbocycles. The van der Waals surface area contributed by atoms with Gasteiger partial charge >= 0.3 is 0 Å². The second-order valence-corrected chi connectivity index (χ2v) is 9.19. The van der Waals surface area contributed by atoms with Crippen LogP contribution in [-0.2, 0) is 22.9 Å². The molecular weight excluding hydrogens is 314 g/mol. The van der Waals surface area contributed by atoms with Crippen LogP contribution in [0.2, 0.25) is 0 Å². The first-order valence-corrected chi connectivity index (χ1v) is 10.6. The maximum Gasteiger partial charge on any atom is 0.150 e. The van der Waals surface area contributed by atoms with Crippen LogP contribution in [-0.4, -0.2) is 52.8 Å². The molecule has 0 unspecified atom stereocenters. The summed E-state index contributed by atoms with van der Waals surface area (Å²) in [5.41, 5.74) is 1.57. The minimum atomic E-state index is -3.21. The molecule has 1 aromatic rings. The van der Waals surface area contributed by atoms with Gasteiger partial charge in [0.1, 0.15) is 15.9 Å². The number of sulfone groups is 1. The lowest BCUT2D eigenvalue weighted by molar-refractivity contribution is 0.136. The molecule has 1 N–H and O–H groups in total. The van der Waals surface area contributed by atoms with Crippen LogP contribution >= 0.6 is 0 Å². The van der Waals surface area contributed by atoms with Gasteiger partial charge in [-0.05, 0) is 18.9 Å². The van der Waals surface area contributed by atoms with Gasteiger partial charge < -0.3 is 5.11 Å². The first-order chi connectivity index (χ1) is 10.9. The van der Waals surface area contributed by atoms with Crippen molar-refractivity contribution in [3.8, 4) is 0 Å². The van der Waals surface area contributed by atoms with E-state index in [1.54, 1.807) is 0 Å². The molecule has 1 atom stereocenters. The SMILES string of the molecule is CS(=O)(=O)C[C@H](O)c1cc2n(n1)CCN(C1CCCCCC1)C2. The third kappa shape index (κ3) is 4.33. The van der Waals surface area contributed by atoms with Crippen molar-refractivity contribution in [1.82, 2.24) is 14.7 Å². The molecule has 1 fully saturated rings. The van der Waals surface area contributed by atoms with Gasteiger partial charge in [0.15, 0.2) is 0 Å².